The van der Waals surface area contributed by atoms with E-state index in [1.807, 2.05) is 0 Å². The molecule has 0 radical (unpaired) electrons. The zero-order valence-corrected chi connectivity index (χ0v) is 32.7. The second kappa shape index (κ2) is 18.0. The number of amides is 2. The van der Waals surface area contributed by atoms with E-state index >= 15 is 4.79 Å². The third-order valence-electron chi connectivity index (χ3n) is 11.3. The summed E-state index contributed by atoms with van der Waals surface area (Å²) >= 11 is 0. The van der Waals surface area contributed by atoms with E-state index in [2.05, 4.69) is 10.6 Å². The molecule has 58 heavy (non-hydrogen) atoms. The van der Waals surface area contributed by atoms with Gasteiger partial charge in [-0.05, 0) is 43.0 Å². The SMILES string of the molecule is COc1ccc([C@]23Oc4cc(OC)cc(OC)c4[C@](O)([C@H](C(=O)NCCCCNC(=O)/C(C)=C/CO)[C@H]2c2ccccc2)[C@H]3O[C@@H]2O[C@H](CO)[C@@H](O)[C@H](O)[C@H]2O)cc1. The summed E-state index contributed by atoms with van der Waals surface area (Å²) in [5.74, 6) is -2.34. The van der Waals surface area contributed by atoms with Crippen LogP contribution in [0.25, 0.3) is 0 Å². The highest BCUT2D eigenvalue weighted by atomic mass is 16.7. The van der Waals surface area contributed by atoms with Crippen LogP contribution in [0.3, 0.4) is 0 Å². The molecule has 1 saturated carbocycles. The Morgan fingerprint density at radius 3 is 2.14 bits per heavy atom. The molecule has 3 aliphatic rings. The maximum absolute atomic E-state index is 15.0. The molecule has 1 aliphatic carbocycles. The van der Waals surface area contributed by atoms with Crippen molar-refractivity contribution >= 4 is 11.8 Å². The minimum atomic E-state index is -2.36. The molecule has 0 spiro atoms. The fourth-order valence-electron chi connectivity index (χ4n) is 8.41. The van der Waals surface area contributed by atoms with Gasteiger partial charge in [0, 0.05) is 36.7 Å². The number of rotatable bonds is 16. The number of aliphatic hydroxyl groups excluding tert-OH is 5. The second-order valence-electron chi connectivity index (χ2n) is 14.6. The topological polar surface area (TPSA) is 235 Å². The number of benzene rings is 3. The van der Waals surface area contributed by atoms with Crippen LogP contribution in [0.1, 0.15) is 42.4 Å². The van der Waals surface area contributed by atoms with Crippen molar-refractivity contribution in [3.8, 4) is 23.0 Å². The number of fused-ring (bicyclic) bond motifs is 4. The van der Waals surface area contributed by atoms with Crippen LogP contribution in [0.5, 0.6) is 23.0 Å². The molecular formula is C42H52N2O14. The number of hydrogen-bond donors (Lipinski definition) is 8. The summed E-state index contributed by atoms with van der Waals surface area (Å²) in [7, 11) is 4.35. The van der Waals surface area contributed by atoms with E-state index in [1.54, 1.807) is 67.6 Å². The standard InChI is InChI=1S/C42H52N2O14/c1-23(16-19-45)37(50)43-17-8-9-18-44-38(51)33-31(24-10-6-5-7-11-24)42(25-12-14-26(53-2)15-13-25)40(57-39-36(49)35(48)34(47)30(22-46)56-39)41(33,52)32-28(55-4)20-27(54-3)21-29(32)58-42/h5-7,10-16,20-21,30-31,33-36,39-40,45-49,52H,8-9,17-19,22H2,1-4H3,(H,43,50)(H,44,51)/b23-16+/t30-,31-,33+,34-,35+,36-,39+,40-,41+,42+/m1/s1. The molecule has 3 aromatic carbocycles. The van der Waals surface area contributed by atoms with Crippen LogP contribution in [0.2, 0.25) is 0 Å². The molecule has 2 heterocycles. The van der Waals surface area contributed by atoms with E-state index in [-0.39, 0.29) is 36.1 Å². The maximum atomic E-state index is 15.0. The van der Waals surface area contributed by atoms with Crippen molar-refractivity contribution in [1.29, 1.82) is 0 Å². The minimum absolute atomic E-state index is 0.0436. The molecule has 2 amide bonds. The monoisotopic (exact) mass is 808 g/mol. The van der Waals surface area contributed by atoms with Gasteiger partial charge in [0.25, 0.3) is 0 Å². The average Bonchev–Trinajstić information content (AvgIpc) is 3.39. The first-order valence-electron chi connectivity index (χ1n) is 19.1. The number of hydrogen-bond acceptors (Lipinski definition) is 14. The van der Waals surface area contributed by atoms with Gasteiger partial charge in [0.05, 0.1) is 46.0 Å². The van der Waals surface area contributed by atoms with Gasteiger partial charge in [-0.15, -0.1) is 0 Å². The van der Waals surface area contributed by atoms with Gasteiger partial charge in [-0.2, -0.15) is 0 Å². The molecule has 10 atom stereocenters. The molecule has 2 aliphatic heterocycles. The fourth-order valence-corrected chi connectivity index (χ4v) is 8.41. The molecule has 2 bridgehead atoms. The van der Waals surface area contributed by atoms with Gasteiger partial charge in [-0.25, -0.2) is 0 Å². The summed E-state index contributed by atoms with van der Waals surface area (Å²) in [6, 6.07) is 18.9. The lowest BCUT2D eigenvalue weighted by molar-refractivity contribution is -0.338. The van der Waals surface area contributed by atoms with Crippen LogP contribution < -0.4 is 29.6 Å². The lowest BCUT2D eigenvalue weighted by Gasteiger charge is -2.50. The molecule has 6 rings (SSSR count). The highest BCUT2D eigenvalue weighted by Gasteiger charge is 2.77. The predicted octanol–water partition coefficient (Wildman–Crippen LogP) is 0.738. The Morgan fingerprint density at radius 2 is 1.52 bits per heavy atom. The number of methoxy groups -OCH3 is 3. The van der Waals surface area contributed by atoms with Crippen molar-refractivity contribution in [2.45, 2.75) is 73.7 Å². The van der Waals surface area contributed by atoms with Gasteiger partial charge in [0.2, 0.25) is 11.8 Å². The van der Waals surface area contributed by atoms with Crippen molar-refractivity contribution in [2.24, 2.45) is 5.92 Å². The number of unbranched alkanes of at least 4 members (excludes halogenated alkanes) is 1. The van der Waals surface area contributed by atoms with Crippen LogP contribution in [0, 0.1) is 5.92 Å². The van der Waals surface area contributed by atoms with Crippen LogP contribution in [-0.4, -0.2) is 127 Å². The molecule has 16 heteroatoms. The number of carbonyl (C=O) groups excluding carboxylic acids is 2. The van der Waals surface area contributed by atoms with E-state index < -0.39 is 72.4 Å². The summed E-state index contributed by atoms with van der Waals surface area (Å²) < 4.78 is 36.6. The summed E-state index contributed by atoms with van der Waals surface area (Å²) in [6.45, 7) is 1.05. The smallest absolute Gasteiger partial charge is 0.246 e. The molecule has 1 saturated heterocycles. The van der Waals surface area contributed by atoms with E-state index in [4.69, 9.17) is 33.5 Å². The molecule has 314 valence electrons. The van der Waals surface area contributed by atoms with Crippen molar-refractivity contribution in [1.82, 2.24) is 10.6 Å². The summed E-state index contributed by atoms with van der Waals surface area (Å²) in [6.07, 6.45) is -7.80. The average molecular weight is 809 g/mol. The van der Waals surface area contributed by atoms with Gasteiger partial charge in [0.1, 0.15) is 59.1 Å². The molecule has 3 aromatic rings. The normalized spacial score (nSPS) is 30.1. The van der Waals surface area contributed by atoms with Gasteiger partial charge in [0.15, 0.2) is 11.9 Å². The van der Waals surface area contributed by atoms with E-state index in [1.165, 1.54) is 33.5 Å². The van der Waals surface area contributed by atoms with Crippen molar-refractivity contribution < 1.29 is 68.6 Å². The molecule has 0 unspecified atom stereocenters. The lowest BCUT2D eigenvalue weighted by atomic mass is 9.75. The summed E-state index contributed by atoms with van der Waals surface area (Å²) in [5.41, 5.74) is -2.76. The van der Waals surface area contributed by atoms with Crippen molar-refractivity contribution in [3.05, 3.63) is 95.1 Å². The van der Waals surface area contributed by atoms with Gasteiger partial charge >= 0.3 is 0 Å². The maximum Gasteiger partial charge on any atom is 0.246 e. The van der Waals surface area contributed by atoms with Gasteiger partial charge in [-0.3, -0.25) is 9.59 Å². The van der Waals surface area contributed by atoms with Crippen LogP contribution in [0.4, 0.5) is 0 Å². The zero-order chi connectivity index (χ0) is 41.8. The van der Waals surface area contributed by atoms with E-state index in [9.17, 15) is 30.3 Å². The fraction of sp³-hybridized carbons (Fsp3) is 0.476. The Balaban J connectivity index is 1.51. The Bertz CT molecular complexity index is 1930. The first-order valence-corrected chi connectivity index (χ1v) is 19.1. The number of nitrogens with one attached hydrogen (secondary N) is 2. The van der Waals surface area contributed by atoms with Gasteiger partial charge in [-0.1, -0.05) is 48.5 Å². The van der Waals surface area contributed by atoms with E-state index in [0.717, 1.165) is 0 Å². The second-order valence-corrected chi connectivity index (χ2v) is 14.6. The number of ether oxygens (including phenoxy) is 6. The lowest BCUT2D eigenvalue weighted by Crippen LogP contribution is -2.63. The van der Waals surface area contributed by atoms with Crippen LogP contribution in [0.15, 0.2) is 78.4 Å². The number of carbonyl (C=O) groups is 2. The highest BCUT2D eigenvalue weighted by Crippen LogP contribution is 2.69. The predicted molar refractivity (Wildman–Crippen MR) is 206 cm³/mol. The summed E-state index contributed by atoms with van der Waals surface area (Å²) in [5, 5.41) is 71.5. The Labute approximate surface area is 335 Å². The Morgan fingerprint density at radius 1 is 0.845 bits per heavy atom. The third-order valence-corrected chi connectivity index (χ3v) is 11.3. The molecule has 0 aromatic heterocycles. The quantitative estimate of drug-likeness (QED) is 0.0737. The number of aliphatic hydroxyl groups is 6. The van der Waals surface area contributed by atoms with E-state index in [0.29, 0.717) is 47.6 Å². The molecule has 2 fully saturated rings. The zero-order valence-electron chi connectivity index (χ0n) is 32.7. The molecular weight excluding hydrogens is 756 g/mol. The largest absolute Gasteiger partial charge is 0.497 e. The first-order chi connectivity index (χ1) is 27.9. The van der Waals surface area contributed by atoms with Crippen molar-refractivity contribution in [3.63, 3.8) is 0 Å². The summed E-state index contributed by atoms with van der Waals surface area (Å²) in [4.78, 5) is 27.3. The Kier molecular flexibility index (Phi) is 13.3. The Hall–Kier alpha value is -4.78. The first kappa shape index (κ1) is 42.8. The van der Waals surface area contributed by atoms with Crippen LogP contribution >= 0.6 is 0 Å². The van der Waals surface area contributed by atoms with Crippen LogP contribution in [-0.2, 0) is 30.3 Å². The molecule has 16 nitrogen and oxygen atoms in total. The van der Waals surface area contributed by atoms with Gasteiger partial charge < -0.3 is 69.7 Å². The molecule has 8 N–H and O–H groups in total. The minimum Gasteiger partial charge on any atom is -0.497 e. The van der Waals surface area contributed by atoms with Crippen molar-refractivity contribution in [2.75, 3.05) is 47.6 Å². The third kappa shape index (κ3) is 7.62. The highest BCUT2D eigenvalue weighted by molar-refractivity contribution is 5.92.